The van der Waals surface area contributed by atoms with Gasteiger partial charge < -0.3 is 15.8 Å². The first-order valence-corrected chi connectivity index (χ1v) is 4.71. The molecule has 0 saturated carbocycles. The molecule has 0 aliphatic carbocycles. The lowest BCUT2D eigenvalue weighted by atomic mass is 10.2. The molecule has 5 nitrogen and oxygen atoms in total. The molecule has 11 heavy (non-hydrogen) atoms. The number of hydrogen-bond donors (Lipinski definition) is 2. The lowest BCUT2D eigenvalue weighted by Gasteiger charge is -2.16. The van der Waals surface area contributed by atoms with E-state index in [0.29, 0.717) is 0 Å². The highest BCUT2D eigenvalue weighted by Gasteiger charge is 2.12. The van der Waals surface area contributed by atoms with Crippen molar-refractivity contribution in [1.82, 2.24) is 5.48 Å². The minimum Gasteiger partial charge on any atom is -0.787 e. The van der Waals surface area contributed by atoms with Crippen molar-refractivity contribution < 1.29 is 14.1 Å². The van der Waals surface area contributed by atoms with Gasteiger partial charge in [-0.05, 0) is 6.42 Å². The molecular weight excluding hydrogens is 170 g/mol. The summed E-state index contributed by atoms with van der Waals surface area (Å²) in [7, 11) is -1.05. The van der Waals surface area contributed by atoms with Crippen molar-refractivity contribution in [1.29, 1.82) is 0 Å². The van der Waals surface area contributed by atoms with Gasteiger partial charge in [0.15, 0.2) is 0 Å². The van der Waals surface area contributed by atoms with Gasteiger partial charge in [0.25, 0.3) is 0 Å². The summed E-state index contributed by atoms with van der Waals surface area (Å²) >= 11 is 0. The van der Waals surface area contributed by atoms with E-state index in [0.717, 1.165) is 0 Å². The Labute approximate surface area is 66.8 Å². The predicted molar refractivity (Wildman–Crippen MR) is 41.5 cm³/mol. The second-order valence-electron chi connectivity index (χ2n) is 2.07. The van der Waals surface area contributed by atoms with Crippen LogP contribution < -0.4 is 5.48 Å². The SMILES string of the molecule is CS(=O)CC[C@H](N[O-])C(=O)O. The van der Waals surface area contributed by atoms with Crippen molar-refractivity contribution >= 4 is 16.8 Å². The van der Waals surface area contributed by atoms with E-state index in [1.54, 1.807) is 0 Å². The van der Waals surface area contributed by atoms with Crippen LogP contribution in [-0.2, 0) is 15.6 Å². The van der Waals surface area contributed by atoms with Gasteiger partial charge in [-0.3, -0.25) is 9.00 Å². The summed E-state index contributed by atoms with van der Waals surface area (Å²) in [5.41, 5.74) is 1.37. The minimum atomic E-state index is -1.20. The number of hydroxylamine groups is 1. The van der Waals surface area contributed by atoms with Gasteiger partial charge in [0.2, 0.25) is 0 Å². The molecule has 0 spiro atoms. The van der Waals surface area contributed by atoms with Crippen LogP contribution in [0.15, 0.2) is 0 Å². The number of aliphatic carboxylic acids is 1. The average molecular weight is 180 g/mol. The molecule has 0 aromatic carbocycles. The average Bonchev–Trinajstić information content (AvgIpc) is 1.87. The molecule has 2 N–H and O–H groups in total. The monoisotopic (exact) mass is 180 g/mol. The molecule has 0 aromatic rings. The van der Waals surface area contributed by atoms with Crippen LogP contribution in [0.3, 0.4) is 0 Å². The fourth-order valence-corrected chi connectivity index (χ4v) is 1.08. The summed E-state index contributed by atoms with van der Waals surface area (Å²) in [6.45, 7) is 0. The molecule has 0 amide bonds. The van der Waals surface area contributed by atoms with Crippen LogP contribution in [-0.4, -0.2) is 33.3 Å². The summed E-state index contributed by atoms with van der Waals surface area (Å²) in [6, 6.07) is -1.13. The molecule has 1 unspecified atom stereocenters. The molecule has 0 heterocycles. The van der Waals surface area contributed by atoms with Crippen LogP contribution in [0.1, 0.15) is 6.42 Å². The molecule has 0 aliphatic rings. The third kappa shape index (κ3) is 4.88. The van der Waals surface area contributed by atoms with Crippen LogP contribution in [0.2, 0.25) is 0 Å². The van der Waals surface area contributed by atoms with Crippen LogP contribution in [0.25, 0.3) is 0 Å². The first kappa shape index (κ1) is 10.5. The fourth-order valence-electron chi connectivity index (χ4n) is 0.517. The van der Waals surface area contributed by atoms with Gasteiger partial charge in [0, 0.05) is 22.8 Å². The number of carboxylic acids is 1. The summed E-state index contributed by atoms with van der Waals surface area (Å²) in [4.78, 5) is 10.2. The highest BCUT2D eigenvalue weighted by atomic mass is 32.2. The second kappa shape index (κ2) is 5.22. The Bertz CT molecular complexity index is 161. The summed E-state index contributed by atoms with van der Waals surface area (Å²) in [6.07, 6.45) is 1.56. The first-order chi connectivity index (χ1) is 5.07. The molecule has 0 aliphatic heterocycles. The fraction of sp³-hybridized carbons (Fsp3) is 0.800. The van der Waals surface area contributed by atoms with E-state index >= 15 is 0 Å². The summed E-state index contributed by atoms with van der Waals surface area (Å²) in [5, 5.41) is 18.3. The number of carbonyl (C=O) groups is 1. The molecule has 0 rings (SSSR count). The van der Waals surface area contributed by atoms with Gasteiger partial charge in [-0.15, -0.1) is 0 Å². The number of carboxylic acid groups (broad SMARTS) is 1. The Hall–Kier alpha value is -0.460. The van der Waals surface area contributed by atoms with E-state index in [4.69, 9.17) is 5.11 Å². The van der Waals surface area contributed by atoms with Crippen molar-refractivity contribution in [2.24, 2.45) is 0 Å². The smallest absolute Gasteiger partial charge is 0.319 e. The van der Waals surface area contributed by atoms with E-state index in [9.17, 15) is 14.2 Å². The molecule has 66 valence electrons. The van der Waals surface area contributed by atoms with Crippen LogP contribution >= 0.6 is 0 Å². The molecule has 0 saturated heterocycles. The van der Waals surface area contributed by atoms with Gasteiger partial charge in [-0.1, -0.05) is 0 Å². The van der Waals surface area contributed by atoms with E-state index in [1.165, 1.54) is 11.7 Å². The van der Waals surface area contributed by atoms with Crippen molar-refractivity contribution in [3.05, 3.63) is 5.21 Å². The molecule has 0 fully saturated rings. The minimum absolute atomic E-state index is 0.0992. The molecule has 0 bridgehead atoms. The molecule has 6 heteroatoms. The Morgan fingerprint density at radius 1 is 1.82 bits per heavy atom. The first-order valence-electron chi connectivity index (χ1n) is 2.98. The Kier molecular flexibility index (Phi) is 5.01. The van der Waals surface area contributed by atoms with Gasteiger partial charge in [0.1, 0.15) is 0 Å². The Balaban J connectivity index is 3.70. The summed E-state index contributed by atoms with van der Waals surface area (Å²) < 4.78 is 10.5. The maximum Gasteiger partial charge on any atom is 0.319 e. The zero-order chi connectivity index (χ0) is 8.85. The highest BCUT2D eigenvalue weighted by molar-refractivity contribution is 7.84. The number of rotatable bonds is 5. The Morgan fingerprint density at radius 3 is 2.64 bits per heavy atom. The van der Waals surface area contributed by atoms with E-state index < -0.39 is 22.8 Å². The third-order valence-corrected chi connectivity index (χ3v) is 1.94. The van der Waals surface area contributed by atoms with Gasteiger partial charge in [-0.2, -0.15) is 0 Å². The molecule has 0 radical (unpaired) electrons. The van der Waals surface area contributed by atoms with Crippen LogP contribution in [0.5, 0.6) is 0 Å². The van der Waals surface area contributed by atoms with Crippen molar-refractivity contribution in [2.45, 2.75) is 12.5 Å². The number of hydrogen-bond acceptors (Lipinski definition) is 4. The zero-order valence-electron chi connectivity index (χ0n) is 6.07. The van der Waals surface area contributed by atoms with Crippen molar-refractivity contribution in [3.8, 4) is 0 Å². The highest BCUT2D eigenvalue weighted by Crippen LogP contribution is 1.93. The standard InChI is InChI=1S/C5H10NO4S/c1-11(10)3-2-4(6-9)5(7)8/h4,6H,2-3H2,1H3,(H,7,8)/q-1/t4-,11?/m0/s1. The maximum absolute atomic E-state index is 10.5. The molecule has 0 aromatic heterocycles. The largest absolute Gasteiger partial charge is 0.787 e. The third-order valence-electron chi connectivity index (χ3n) is 1.13. The van der Waals surface area contributed by atoms with E-state index in [1.807, 2.05) is 0 Å². The number of nitrogens with one attached hydrogen (secondary N) is 1. The summed E-state index contributed by atoms with van der Waals surface area (Å²) in [5.74, 6) is -0.975. The topological polar surface area (TPSA) is 89.5 Å². The molecule has 2 atom stereocenters. The van der Waals surface area contributed by atoms with Gasteiger partial charge >= 0.3 is 5.97 Å². The van der Waals surface area contributed by atoms with Crippen LogP contribution in [0, 0.1) is 5.21 Å². The van der Waals surface area contributed by atoms with E-state index in [2.05, 4.69) is 0 Å². The lowest BCUT2D eigenvalue weighted by molar-refractivity contribution is -0.139. The lowest BCUT2D eigenvalue weighted by Crippen LogP contribution is -2.33. The Morgan fingerprint density at radius 2 is 2.36 bits per heavy atom. The van der Waals surface area contributed by atoms with Crippen molar-refractivity contribution in [2.75, 3.05) is 12.0 Å². The zero-order valence-corrected chi connectivity index (χ0v) is 6.89. The quantitative estimate of drug-likeness (QED) is 0.546. The second-order valence-corrected chi connectivity index (χ2v) is 3.63. The van der Waals surface area contributed by atoms with Gasteiger partial charge in [0.05, 0.1) is 6.04 Å². The normalized spacial score (nSPS) is 15.8. The van der Waals surface area contributed by atoms with Gasteiger partial charge in [-0.25, -0.2) is 0 Å². The molecular formula is C5H10NO4S-. The van der Waals surface area contributed by atoms with Crippen LogP contribution in [0.4, 0.5) is 0 Å². The predicted octanol–water partition coefficient (Wildman–Crippen LogP) is -0.704. The maximum atomic E-state index is 10.5. The van der Waals surface area contributed by atoms with E-state index in [-0.39, 0.29) is 12.2 Å². The van der Waals surface area contributed by atoms with Crippen molar-refractivity contribution in [3.63, 3.8) is 0 Å².